The molecule has 10 aromatic carbocycles. The molecule has 0 bridgehead atoms. The molecule has 0 saturated heterocycles. The lowest BCUT2D eigenvalue weighted by molar-refractivity contribution is 0.669. The van der Waals surface area contributed by atoms with Crippen molar-refractivity contribution in [2.75, 3.05) is 0 Å². The van der Waals surface area contributed by atoms with Gasteiger partial charge >= 0.3 is 0 Å². The number of furan rings is 1. The van der Waals surface area contributed by atoms with Crippen LogP contribution in [0.25, 0.3) is 132 Å². The van der Waals surface area contributed by atoms with E-state index in [9.17, 15) is 0 Å². The third-order valence-electron chi connectivity index (χ3n) is 13.9. The molecular formula is C60H36N4O. The summed E-state index contributed by atoms with van der Waals surface area (Å²) in [5.74, 6) is 0. The summed E-state index contributed by atoms with van der Waals surface area (Å²) in [5, 5.41) is 9.75. The molecule has 0 fully saturated rings. The summed E-state index contributed by atoms with van der Waals surface area (Å²) in [6.45, 7) is 0. The van der Waals surface area contributed by atoms with E-state index in [4.69, 9.17) is 4.42 Å². The maximum atomic E-state index is 6.24. The Morgan fingerprint density at radius 2 is 0.631 bits per heavy atom. The van der Waals surface area contributed by atoms with E-state index in [2.05, 4.69) is 225 Å². The molecular weight excluding hydrogens is 793 g/mol. The molecule has 5 heteroatoms. The van der Waals surface area contributed by atoms with Gasteiger partial charge in [0.15, 0.2) is 0 Å². The lowest BCUT2D eigenvalue weighted by atomic mass is 10.0. The van der Waals surface area contributed by atoms with Crippen LogP contribution in [0.2, 0.25) is 0 Å². The van der Waals surface area contributed by atoms with Crippen LogP contribution in [0, 0.1) is 0 Å². The van der Waals surface area contributed by atoms with Crippen molar-refractivity contribution >= 4 is 98.4 Å². The average molecular weight is 829 g/mol. The van der Waals surface area contributed by atoms with E-state index in [0.29, 0.717) is 0 Å². The highest BCUT2D eigenvalue weighted by atomic mass is 16.3. The molecule has 0 unspecified atom stereocenters. The van der Waals surface area contributed by atoms with E-state index in [-0.39, 0.29) is 0 Å². The van der Waals surface area contributed by atoms with Gasteiger partial charge in [0, 0.05) is 65.6 Å². The van der Waals surface area contributed by atoms with Crippen LogP contribution in [0.1, 0.15) is 0 Å². The van der Waals surface area contributed by atoms with E-state index in [1.54, 1.807) is 0 Å². The maximum absolute atomic E-state index is 6.24. The summed E-state index contributed by atoms with van der Waals surface area (Å²) in [6, 6.07) is 79.5. The molecule has 15 aromatic rings. The van der Waals surface area contributed by atoms with Gasteiger partial charge in [-0.15, -0.1) is 0 Å². The fourth-order valence-corrected chi connectivity index (χ4v) is 11.3. The maximum Gasteiger partial charge on any atom is 0.135 e. The first-order valence-electron chi connectivity index (χ1n) is 22.3. The largest absolute Gasteiger partial charge is 0.456 e. The lowest BCUT2D eigenvalue weighted by Crippen LogP contribution is -2.02. The van der Waals surface area contributed by atoms with Crippen molar-refractivity contribution in [1.82, 2.24) is 18.3 Å². The Morgan fingerprint density at radius 1 is 0.246 bits per heavy atom. The summed E-state index contributed by atoms with van der Waals surface area (Å²) in [4.78, 5) is 0. The third kappa shape index (κ3) is 4.65. The topological polar surface area (TPSA) is 32.9 Å². The molecule has 15 rings (SSSR count). The normalized spacial score (nSPS) is 12.3. The zero-order valence-electron chi connectivity index (χ0n) is 35.0. The second-order valence-electron chi connectivity index (χ2n) is 17.3. The SMILES string of the molecule is c1ccc(-n2c3ccccc3c3cc(-n4c5ccccc5c5ccccc54)ccc32)c(-c2ccccc2-n2c3cccc4c3c3c(cccc32)n4-c2ccc3oc4ccccc4c3c2)c1. The van der Waals surface area contributed by atoms with Gasteiger partial charge in [0.1, 0.15) is 11.2 Å². The quantitative estimate of drug-likeness (QED) is 0.170. The number of fused-ring (bicyclic) bond motifs is 9. The Hall–Kier alpha value is -8.80. The number of benzene rings is 10. The van der Waals surface area contributed by atoms with Gasteiger partial charge in [0.25, 0.3) is 0 Å². The van der Waals surface area contributed by atoms with Gasteiger partial charge in [-0.05, 0) is 97.1 Å². The minimum absolute atomic E-state index is 0.900. The van der Waals surface area contributed by atoms with Crippen molar-refractivity contribution in [1.29, 1.82) is 0 Å². The first-order valence-corrected chi connectivity index (χ1v) is 22.3. The summed E-state index contributed by atoms with van der Waals surface area (Å²) >= 11 is 0. The highest BCUT2D eigenvalue weighted by Crippen LogP contribution is 2.46. The van der Waals surface area contributed by atoms with Crippen LogP contribution < -0.4 is 0 Å². The van der Waals surface area contributed by atoms with Gasteiger partial charge < -0.3 is 22.7 Å². The number of rotatable bonds is 5. The Bertz CT molecular complexity index is 4310. The molecule has 0 aliphatic carbocycles. The van der Waals surface area contributed by atoms with Crippen molar-refractivity contribution in [3.05, 3.63) is 218 Å². The highest BCUT2D eigenvalue weighted by Gasteiger charge is 2.25. The average Bonchev–Trinajstić information content (AvgIpc) is 4.17. The first kappa shape index (κ1) is 34.7. The monoisotopic (exact) mass is 828 g/mol. The predicted octanol–water partition coefficient (Wildman–Crippen LogP) is 15.9. The fraction of sp³-hybridized carbons (Fsp3) is 0. The van der Waals surface area contributed by atoms with Gasteiger partial charge in [-0.25, -0.2) is 0 Å². The molecule has 0 spiro atoms. The lowest BCUT2D eigenvalue weighted by Gasteiger charge is -2.19. The van der Waals surface area contributed by atoms with Gasteiger partial charge in [0.05, 0.1) is 55.5 Å². The zero-order valence-corrected chi connectivity index (χ0v) is 35.0. The molecule has 0 N–H and O–H groups in total. The van der Waals surface area contributed by atoms with Crippen LogP contribution >= 0.6 is 0 Å². The van der Waals surface area contributed by atoms with Crippen molar-refractivity contribution in [2.45, 2.75) is 0 Å². The van der Waals surface area contributed by atoms with Gasteiger partial charge in [-0.2, -0.15) is 0 Å². The van der Waals surface area contributed by atoms with Gasteiger partial charge in [-0.3, -0.25) is 0 Å². The number of aromatic nitrogens is 4. The first-order chi connectivity index (χ1) is 32.3. The Morgan fingerprint density at radius 3 is 1.25 bits per heavy atom. The minimum Gasteiger partial charge on any atom is -0.456 e. The van der Waals surface area contributed by atoms with E-state index in [0.717, 1.165) is 44.7 Å². The van der Waals surface area contributed by atoms with Crippen molar-refractivity contribution < 1.29 is 4.42 Å². The van der Waals surface area contributed by atoms with Crippen LogP contribution in [0.4, 0.5) is 0 Å². The minimum atomic E-state index is 0.900. The smallest absolute Gasteiger partial charge is 0.135 e. The number of hydrogen-bond donors (Lipinski definition) is 0. The molecule has 0 aliphatic heterocycles. The second kappa shape index (κ2) is 12.9. The summed E-state index contributed by atoms with van der Waals surface area (Å²) in [6.07, 6.45) is 0. The Labute approximate surface area is 371 Å². The van der Waals surface area contributed by atoms with E-state index in [1.165, 1.54) is 87.6 Å². The van der Waals surface area contributed by atoms with Crippen LogP contribution in [0.3, 0.4) is 0 Å². The van der Waals surface area contributed by atoms with Crippen LogP contribution in [0.5, 0.6) is 0 Å². The van der Waals surface area contributed by atoms with E-state index < -0.39 is 0 Å². The molecule has 0 atom stereocenters. The molecule has 302 valence electrons. The van der Waals surface area contributed by atoms with E-state index >= 15 is 0 Å². The number of para-hydroxylation sites is 6. The summed E-state index contributed by atoms with van der Waals surface area (Å²) in [5.41, 5.74) is 18.2. The van der Waals surface area contributed by atoms with Crippen LogP contribution in [-0.4, -0.2) is 18.3 Å². The predicted molar refractivity (Wildman–Crippen MR) is 270 cm³/mol. The molecule has 5 heterocycles. The second-order valence-corrected chi connectivity index (χ2v) is 17.3. The number of nitrogens with zero attached hydrogens (tertiary/aromatic N) is 4. The molecule has 0 saturated carbocycles. The van der Waals surface area contributed by atoms with E-state index in [1.807, 2.05) is 12.1 Å². The third-order valence-corrected chi connectivity index (χ3v) is 13.9. The van der Waals surface area contributed by atoms with Crippen molar-refractivity contribution in [2.24, 2.45) is 0 Å². The summed E-state index contributed by atoms with van der Waals surface area (Å²) in [7, 11) is 0. The highest BCUT2D eigenvalue weighted by molar-refractivity contribution is 6.26. The number of hydrogen-bond acceptors (Lipinski definition) is 1. The van der Waals surface area contributed by atoms with Crippen LogP contribution in [0.15, 0.2) is 223 Å². The molecule has 5 aromatic heterocycles. The molecule has 0 aliphatic rings. The van der Waals surface area contributed by atoms with Gasteiger partial charge in [0.2, 0.25) is 0 Å². The molecule has 0 radical (unpaired) electrons. The molecule has 65 heavy (non-hydrogen) atoms. The molecule has 0 amide bonds. The summed E-state index contributed by atoms with van der Waals surface area (Å²) < 4.78 is 16.0. The standard InChI is InChI=1S/C60H36N4O/c1-7-21-47-39(15-1)40-16-2-8-22-48(40)61(47)37-31-33-52-45(35-37)43-19-5-11-25-51(43)63(52)49-23-9-3-17-41(49)42-18-4-10-24-50(42)64-55-28-13-26-53-59(55)60-54(27-14-29-56(60)64)62(53)38-32-34-58-46(36-38)44-20-6-12-30-57(44)65-58/h1-36H. The fourth-order valence-electron chi connectivity index (χ4n) is 11.3. The molecule has 5 nitrogen and oxygen atoms in total. The zero-order chi connectivity index (χ0) is 42.3. The van der Waals surface area contributed by atoms with Crippen molar-refractivity contribution in [3.63, 3.8) is 0 Å². The Balaban J connectivity index is 0.932. The van der Waals surface area contributed by atoms with Crippen LogP contribution in [-0.2, 0) is 0 Å². The van der Waals surface area contributed by atoms with Crippen molar-refractivity contribution in [3.8, 4) is 33.9 Å². The van der Waals surface area contributed by atoms with Gasteiger partial charge in [-0.1, -0.05) is 121 Å². The Kier molecular flexibility index (Phi) is 6.89.